The molecule has 0 radical (unpaired) electrons. The predicted molar refractivity (Wildman–Crippen MR) is 135 cm³/mol. The van der Waals surface area contributed by atoms with Gasteiger partial charge in [-0.05, 0) is 50.5 Å². The highest BCUT2D eigenvalue weighted by molar-refractivity contribution is 6.06. The largest absolute Gasteiger partial charge is 0.493 e. The van der Waals surface area contributed by atoms with Crippen LogP contribution in [0.4, 0.5) is 5.69 Å². The number of amides is 1. The number of nitrogen functional groups attached to an aromatic ring is 1. The number of aromatic nitrogens is 2. The fourth-order valence-electron chi connectivity index (χ4n) is 4.78. The summed E-state index contributed by atoms with van der Waals surface area (Å²) in [6.07, 6.45) is 3.66. The number of carbonyl (C=O) groups is 1. The van der Waals surface area contributed by atoms with E-state index in [4.69, 9.17) is 20.2 Å². The summed E-state index contributed by atoms with van der Waals surface area (Å²) in [5.74, 6) is 2.16. The molecule has 7 nitrogen and oxygen atoms in total. The number of nitrogens with two attached hydrogens (primary N) is 1. The average molecular weight is 465 g/mol. The Hall–Kier alpha value is -3.06. The molecule has 3 aromatic rings. The number of anilines is 1. The summed E-state index contributed by atoms with van der Waals surface area (Å²) < 4.78 is 13.5. The highest BCUT2D eigenvalue weighted by Crippen LogP contribution is 2.28. The molecule has 1 aromatic heterocycles. The van der Waals surface area contributed by atoms with Gasteiger partial charge in [0.15, 0.2) is 0 Å². The van der Waals surface area contributed by atoms with Crippen molar-refractivity contribution < 1.29 is 14.3 Å². The number of aryl methyl sites for hydroxylation is 3. The predicted octanol–water partition coefficient (Wildman–Crippen LogP) is 4.46. The number of ether oxygens (including phenoxy) is 2. The number of piperidine rings is 1. The second-order valence-electron chi connectivity index (χ2n) is 9.20. The van der Waals surface area contributed by atoms with E-state index in [0.29, 0.717) is 36.9 Å². The van der Waals surface area contributed by atoms with E-state index >= 15 is 0 Å². The van der Waals surface area contributed by atoms with E-state index in [1.165, 1.54) is 5.56 Å². The average Bonchev–Trinajstić information content (AvgIpc) is 3.20. The summed E-state index contributed by atoms with van der Waals surface area (Å²) in [4.78, 5) is 20.5. The third-order valence-electron chi connectivity index (χ3n) is 6.53. The molecule has 2 N–H and O–H groups in total. The first kappa shape index (κ1) is 24.1. The van der Waals surface area contributed by atoms with E-state index in [0.717, 1.165) is 61.4 Å². The lowest BCUT2D eigenvalue weighted by Gasteiger charge is -2.33. The summed E-state index contributed by atoms with van der Waals surface area (Å²) in [7, 11) is 1.71. The number of carbonyl (C=O) groups excluding carboxylic acids is 1. The smallest absolute Gasteiger partial charge is 0.256 e. The number of nitrogens with zero attached hydrogens (tertiary/aromatic N) is 3. The fraction of sp³-hybridized carbons (Fsp3) is 0.481. The van der Waals surface area contributed by atoms with Crippen LogP contribution in [0.3, 0.4) is 0 Å². The Labute approximate surface area is 201 Å². The number of methoxy groups -OCH3 is 1. The van der Waals surface area contributed by atoms with Crippen molar-refractivity contribution in [2.45, 2.75) is 46.1 Å². The molecule has 0 saturated carbocycles. The monoisotopic (exact) mass is 464 g/mol. The summed E-state index contributed by atoms with van der Waals surface area (Å²) in [6, 6.07) is 11.8. The molecule has 0 aliphatic carbocycles. The van der Waals surface area contributed by atoms with Crippen LogP contribution in [-0.4, -0.2) is 53.8 Å². The van der Waals surface area contributed by atoms with E-state index < -0.39 is 0 Å². The molecule has 182 valence electrons. The second kappa shape index (κ2) is 10.9. The van der Waals surface area contributed by atoms with Gasteiger partial charge in [-0.1, -0.05) is 24.6 Å². The van der Waals surface area contributed by atoms with E-state index in [1.54, 1.807) is 7.11 Å². The standard InChI is InChI=1S/C27H36N4O3/c1-4-25-29-24-16-21(28)15-23(26(24)31(25)13-6-14-33-3)27(32)30-12-5-7-20(17-30)18-34-22-10-8-19(2)9-11-22/h8-11,15-16,20H,4-7,12-14,17-18,28H2,1-3H3/t20-/m1/s1. The number of fused-ring (bicyclic) bond motifs is 1. The van der Waals surface area contributed by atoms with Gasteiger partial charge in [-0.25, -0.2) is 4.98 Å². The fourth-order valence-corrected chi connectivity index (χ4v) is 4.78. The summed E-state index contributed by atoms with van der Waals surface area (Å²) >= 11 is 0. The minimum atomic E-state index is 0.0212. The van der Waals surface area contributed by atoms with Crippen molar-refractivity contribution in [3.8, 4) is 5.75 Å². The van der Waals surface area contributed by atoms with Crippen LogP contribution < -0.4 is 10.5 Å². The van der Waals surface area contributed by atoms with Gasteiger partial charge in [0.25, 0.3) is 5.91 Å². The van der Waals surface area contributed by atoms with Crippen LogP contribution >= 0.6 is 0 Å². The van der Waals surface area contributed by atoms with Crippen molar-refractivity contribution in [3.05, 3.63) is 53.3 Å². The van der Waals surface area contributed by atoms with Crippen LogP contribution in [0, 0.1) is 12.8 Å². The van der Waals surface area contributed by atoms with Crippen LogP contribution in [-0.2, 0) is 17.7 Å². The molecular weight excluding hydrogens is 428 g/mol. The lowest BCUT2D eigenvalue weighted by Crippen LogP contribution is -2.41. The van der Waals surface area contributed by atoms with Crippen molar-refractivity contribution in [1.29, 1.82) is 0 Å². The summed E-state index contributed by atoms with van der Waals surface area (Å²) in [5.41, 5.74) is 10.3. The van der Waals surface area contributed by atoms with E-state index in [-0.39, 0.29) is 5.91 Å². The Morgan fingerprint density at radius 3 is 2.76 bits per heavy atom. The molecule has 2 aromatic carbocycles. The van der Waals surface area contributed by atoms with Gasteiger partial charge in [-0.15, -0.1) is 0 Å². The zero-order valence-corrected chi connectivity index (χ0v) is 20.5. The van der Waals surface area contributed by atoms with Crippen LogP contribution in [0.15, 0.2) is 36.4 Å². The Bertz CT molecular complexity index is 1120. The maximum atomic E-state index is 13.8. The molecule has 1 amide bonds. The summed E-state index contributed by atoms with van der Waals surface area (Å²) in [6.45, 7) is 7.60. The van der Waals surface area contributed by atoms with E-state index in [1.807, 2.05) is 29.2 Å². The number of benzene rings is 2. The minimum Gasteiger partial charge on any atom is -0.493 e. The van der Waals surface area contributed by atoms with Gasteiger partial charge in [0.1, 0.15) is 11.6 Å². The van der Waals surface area contributed by atoms with E-state index in [9.17, 15) is 4.79 Å². The SMILES string of the molecule is CCc1nc2cc(N)cc(C(=O)N3CCC[C@@H](COc4ccc(C)cc4)C3)c2n1CCCOC. The van der Waals surface area contributed by atoms with Gasteiger partial charge in [-0.2, -0.15) is 0 Å². The van der Waals surface area contributed by atoms with Crippen LogP contribution in [0.25, 0.3) is 11.0 Å². The number of rotatable bonds is 9. The van der Waals surface area contributed by atoms with Crippen molar-refractivity contribution in [2.75, 3.05) is 39.1 Å². The Kier molecular flexibility index (Phi) is 7.73. The van der Waals surface area contributed by atoms with Crippen LogP contribution in [0.5, 0.6) is 5.75 Å². The molecule has 7 heteroatoms. The second-order valence-corrected chi connectivity index (χ2v) is 9.20. The molecule has 0 bridgehead atoms. The highest BCUT2D eigenvalue weighted by Gasteiger charge is 2.28. The molecule has 2 heterocycles. The first-order valence-electron chi connectivity index (χ1n) is 12.3. The molecule has 0 spiro atoms. The van der Waals surface area contributed by atoms with Crippen molar-refractivity contribution >= 4 is 22.6 Å². The van der Waals surface area contributed by atoms with Gasteiger partial charge in [0.2, 0.25) is 0 Å². The first-order chi connectivity index (χ1) is 16.5. The Morgan fingerprint density at radius 1 is 1.24 bits per heavy atom. The Balaban J connectivity index is 1.55. The molecule has 4 rings (SSSR count). The topological polar surface area (TPSA) is 82.6 Å². The van der Waals surface area contributed by atoms with Gasteiger partial charge >= 0.3 is 0 Å². The van der Waals surface area contributed by atoms with Crippen molar-refractivity contribution in [1.82, 2.24) is 14.5 Å². The molecule has 1 fully saturated rings. The molecule has 1 aliphatic heterocycles. The van der Waals surface area contributed by atoms with Crippen LogP contribution in [0.1, 0.15) is 47.9 Å². The third kappa shape index (κ3) is 5.36. The number of likely N-dealkylation sites (tertiary alicyclic amines) is 1. The van der Waals surface area contributed by atoms with Gasteiger partial charge < -0.3 is 24.7 Å². The van der Waals surface area contributed by atoms with E-state index in [2.05, 4.69) is 30.5 Å². The lowest BCUT2D eigenvalue weighted by atomic mass is 9.98. The molecular formula is C27H36N4O3. The van der Waals surface area contributed by atoms with Crippen molar-refractivity contribution in [2.24, 2.45) is 5.92 Å². The quantitative estimate of drug-likeness (QED) is 0.374. The zero-order chi connectivity index (χ0) is 24.1. The third-order valence-corrected chi connectivity index (χ3v) is 6.53. The number of imidazole rings is 1. The molecule has 1 aliphatic rings. The molecule has 1 atom stereocenters. The zero-order valence-electron chi connectivity index (χ0n) is 20.5. The van der Waals surface area contributed by atoms with Gasteiger partial charge in [0, 0.05) is 51.4 Å². The van der Waals surface area contributed by atoms with Crippen LogP contribution in [0.2, 0.25) is 0 Å². The maximum absolute atomic E-state index is 13.8. The Morgan fingerprint density at radius 2 is 2.03 bits per heavy atom. The molecule has 0 unspecified atom stereocenters. The number of hydrogen-bond acceptors (Lipinski definition) is 5. The molecule has 1 saturated heterocycles. The minimum absolute atomic E-state index is 0.0212. The molecule has 34 heavy (non-hydrogen) atoms. The maximum Gasteiger partial charge on any atom is 0.256 e. The lowest BCUT2D eigenvalue weighted by molar-refractivity contribution is 0.0635. The summed E-state index contributed by atoms with van der Waals surface area (Å²) in [5, 5.41) is 0. The normalized spacial score (nSPS) is 16.2. The number of hydrogen-bond donors (Lipinski definition) is 1. The van der Waals surface area contributed by atoms with Gasteiger partial charge in [0.05, 0.1) is 23.2 Å². The van der Waals surface area contributed by atoms with Crippen molar-refractivity contribution in [3.63, 3.8) is 0 Å². The highest BCUT2D eigenvalue weighted by atomic mass is 16.5. The first-order valence-corrected chi connectivity index (χ1v) is 12.3. The van der Waals surface area contributed by atoms with Gasteiger partial charge in [-0.3, -0.25) is 4.79 Å².